The third kappa shape index (κ3) is 3.01. The van der Waals surface area contributed by atoms with Crippen molar-refractivity contribution >= 4 is 23.7 Å². The summed E-state index contributed by atoms with van der Waals surface area (Å²) in [6, 6.07) is 0. The van der Waals surface area contributed by atoms with E-state index >= 15 is 0 Å². The maximum Gasteiger partial charge on any atom is 0.357 e. The van der Waals surface area contributed by atoms with E-state index in [9.17, 15) is 9.59 Å². The Labute approximate surface area is 96.6 Å². The molecule has 0 bridgehead atoms. The molecule has 1 rings (SSSR count). The third-order valence-corrected chi connectivity index (χ3v) is 2.76. The third-order valence-electron chi connectivity index (χ3n) is 1.73. The summed E-state index contributed by atoms with van der Waals surface area (Å²) in [7, 11) is 2.83. The van der Waals surface area contributed by atoms with Crippen LogP contribution in [0, 0.1) is 0 Å². The molecular weight excluding hydrogens is 232 g/mol. The number of methoxy groups -OCH3 is 2. The Kier molecular flexibility index (Phi) is 4.87. The first-order valence-corrected chi connectivity index (χ1v) is 5.27. The Morgan fingerprint density at radius 1 is 1.56 bits per heavy atom. The van der Waals surface area contributed by atoms with Crippen LogP contribution in [0.5, 0.6) is 0 Å². The number of thiazole rings is 1. The van der Waals surface area contributed by atoms with Crippen molar-refractivity contribution < 1.29 is 19.1 Å². The van der Waals surface area contributed by atoms with Crippen molar-refractivity contribution in [1.29, 1.82) is 0 Å². The predicted octanol–water partition coefficient (Wildman–Crippen LogP) is 0.322. The minimum absolute atomic E-state index is 0.247. The zero-order valence-electron chi connectivity index (χ0n) is 8.98. The maximum atomic E-state index is 11.4. The van der Waals surface area contributed by atoms with Gasteiger partial charge in [-0.2, -0.15) is 0 Å². The van der Waals surface area contributed by atoms with E-state index in [1.54, 1.807) is 0 Å². The molecule has 0 atom stereocenters. The summed E-state index contributed by atoms with van der Waals surface area (Å²) in [5, 5.41) is 3.12. The lowest BCUT2D eigenvalue weighted by atomic mass is 10.4. The van der Waals surface area contributed by atoms with E-state index in [0.717, 1.165) is 0 Å². The number of nitrogens with zero attached hydrogens (tertiary/aromatic N) is 1. The van der Waals surface area contributed by atoms with E-state index < -0.39 is 5.97 Å². The second kappa shape index (κ2) is 6.19. The van der Waals surface area contributed by atoms with Crippen LogP contribution in [0.25, 0.3) is 0 Å². The molecule has 0 saturated heterocycles. The number of hydrogen-bond donors (Lipinski definition) is 1. The van der Waals surface area contributed by atoms with Crippen molar-refractivity contribution in [3.05, 3.63) is 15.6 Å². The number of amides is 1. The normalized spacial score (nSPS) is 9.88. The van der Waals surface area contributed by atoms with Gasteiger partial charge in [-0.1, -0.05) is 0 Å². The van der Waals surface area contributed by atoms with Crippen LogP contribution >= 0.6 is 11.3 Å². The number of ether oxygens (including phenoxy) is 2. The molecule has 6 nitrogen and oxygen atoms in total. The molecule has 1 aromatic rings. The summed E-state index contributed by atoms with van der Waals surface area (Å²) in [4.78, 5) is 26.3. The molecule has 1 aromatic heterocycles. The van der Waals surface area contributed by atoms with Crippen molar-refractivity contribution in [3.8, 4) is 0 Å². The van der Waals surface area contributed by atoms with Gasteiger partial charge in [-0.3, -0.25) is 4.79 Å². The first kappa shape index (κ1) is 12.6. The topological polar surface area (TPSA) is 77.5 Å². The monoisotopic (exact) mass is 244 g/mol. The summed E-state index contributed by atoms with van der Waals surface area (Å²) in [6.45, 7) is 0.588. The summed E-state index contributed by atoms with van der Waals surface area (Å²) in [6.07, 6.45) is 0.579. The fourth-order valence-corrected chi connectivity index (χ4v) is 2.07. The van der Waals surface area contributed by atoms with Crippen LogP contribution in [0.1, 0.15) is 20.4 Å². The highest BCUT2D eigenvalue weighted by Crippen LogP contribution is 2.20. The molecule has 0 aliphatic rings. The lowest BCUT2D eigenvalue weighted by Gasteiger charge is -1.97. The fraction of sp³-hybridized carbons (Fsp3) is 0.444. The van der Waals surface area contributed by atoms with Crippen molar-refractivity contribution in [1.82, 2.24) is 10.3 Å². The molecule has 0 unspecified atom stereocenters. The largest absolute Gasteiger partial charge is 0.464 e. The Balaban J connectivity index is 2.90. The SMILES string of the molecule is COCc1sc(CNC=O)nc1C(=O)OC. The summed E-state index contributed by atoms with van der Waals surface area (Å²) in [5.74, 6) is -0.499. The molecular formula is C9H12N2O4S. The molecule has 0 aliphatic carbocycles. The van der Waals surface area contributed by atoms with Gasteiger partial charge < -0.3 is 14.8 Å². The van der Waals surface area contributed by atoms with Gasteiger partial charge in [-0.25, -0.2) is 9.78 Å². The zero-order chi connectivity index (χ0) is 12.0. The average molecular weight is 244 g/mol. The molecule has 0 saturated carbocycles. The molecule has 0 spiro atoms. The number of carbonyl (C=O) groups is 2. The highest BCUT2D eigenvalue weighted by atomic mass is 32.1. The Bertz CT molecular complexity index is 378. The van der Waals surface area contributed by atoms with Crippen molar-refractivity contribution in [2.24, 2.45) is 0 Å². The number of esters is 1. The number of nitrogens with one attached hydrogen (secondary N) is 1. The second-order valence-corrected chi connectivity index (χ2v) is 3.97. The van der Waals surface area contributed by atoms with Gasteiger partial charge in [0.2, 0.25) is 6.41 Å². The van der Waals surface area contributed by atoms with Crippen molar-refractivity contribution in [3.63, 3.8) is 0 Å². The molecule has 1 N–H and O–H groups in total. The lowest BCUT2D eigenvalue weighted by molar-refractivity contribution is -0.109. The molecule has 7 heteroatoms. The van der Waals surface area contributed by atoms with Gasteiger partial charge in [0.15, 0.2) is 5.69 Å². The maximum absolute atomic E-state index is 11.4. The molecule has 0 radical (unpaired) electrons. The van der Waals surface area contributed by atoms with Crippen LogP contribution in [-0.4, -0.2) is 31.6 Å². The van der Waals surface area contributed by atoms with Crippen molar-refractivity contribution in [2.75, 3.05) is 14.2 Å². The van der Waals surface area contributed by atoms with E-state index in [1.165, 1.54) is 25.6 Å². The summed E-state index contributed by atoms with van der Waals surface area (Å²) >= 11 is 1.31. The smallest absolute Gasteiger partial charge is 0.357 e. The highest BCUT2D eigenvalue weighted by Gasteiger charge is 2.18. The first-order chi connectivity index (χ1) is 7.72. The predicted molar refractivity (Wildman–Crippen MR) is 57.1 cm³/mol. The van der Waals surface area contributed by atoms with Crippen LogP contribution in [0.15, 0.2) is 0 Å². The van der Waals surface area contributed by atoms with Crippen LogP contribution < -0.4 is 5.32 Å². The highest BCUT2D eigenvalue weighted by molar-refractivity contribution is 7.11. The van der Waals surface area contributed by atoms with Gasteiger partial charge >= 0.3 is 5.97 Å². The molecule has 88 valence electrons. The quantitative estimate of drug-likeness (QED) is 0.576. The van der Waals surface area contributed by atoms with Crippen molar-refractivity contribution in [2.45, 2.75) is 13.2 Å². The van der Waals surface area contributed by atoms with E-state index in [1.807, 2.05) is 0 Å². The van der Waals surface area contributed by atoms with Gasteiger partial charge in [-0.05, 0) is 0 Å². The Morgan fingerprint density at radius 2 is 2.31 bits per heavy atom. The fourth-order valence-electron chi connectivity index (χ4n) is 1.09. The minimum atomic E-state index is -0.499. The second-order valence-electron chi connectivity index (χ2n) is 2.80. The number of aromatic nitrogens is 1. The number of hydrogen-bond acceptors (Lipinski definition) is 6. The van der Waals surface area contributed by atoms with Gasteiger partial charge in [0, 0.05) is 7.11 Å². The minimum Gasteiger partial charge on any atom is -0.464 e. The molecule has 0 aliphatic heterocycles. The van der Waals surface area contributed by atoms with E-state index in [4.69, 9.17) is 4.74 Å². The first-order valence-electron chi connectivity index (χ1n) is 4.45. The number of rotatable bonds is 6. The van der Waals surface area contributed by atoms with E-state index in [0.29, 0.717) is 29.4 Å². The van der Waals surface area contributed by atoms with Gasteiger partial charge in [0.25, 0.3) is 0 Å². The number of carbonyl (C=O) groups excluding carboxylic acids is 2. The van der Waals surface area contributed by atoms with E-state index in [-0.39, 0.29) is 5.69 Å². The molecule has 1 heterocycles. The standard InChI is InChI=1S/C9H12N2O4S/c1-14-4-6-8(9(13)15-2)11-7(16-6)3-10-5-12/h5H,3-4H2,1-2H3,(H,10,12). The van der Waals surface area contributed by atoms with Crippen LogP contribution in [0.4, 0.5) is 0 Å². The zero-order valence-corrected chi connectivity index (χ0v) is 9.80. The average Bonchev–Trinajstić information content (AvgIpc) is 2.69. The molecule has 0 aromatic carbocycles. The van der Waals surface area contributed by atoms with Gasteiger partial charge in [0.1, 0.15) is 5.01 Å². The lowest BCUT2D eigenvalue weighted by Crippen LogP contribution is -2.10. The molecule has 0 fully saturated rings. The van der Waals surface area contributed by atoms with Gasteiger partial charge in [0.05, 0.1) is 25.1 Å². The Hall–Kier alpha value is -1.47. The molecule has 1 amide bonds. The molecule has 16 heavy (non-hydrogen) atoms. The van der Waals surface area contributed by atoms with Crippen LogP contribution in [-0.2, 0) is 27.4 Å². The van der Waals surface area contributed by atoms with Crippen LogP contribution in [0.3, 0.4) is 0 Å². The van der Waals surface area contributed by atoms with Crippen LogP contribution in [0.2, 0.25) is 0 Å². The van der Waals surface area contributed by atoms with E-state index in [2.05, 4.69) is 15.0 Å². The Morgan fingerprint density at radius 3 is 2.88 bits per heavy atom. The van der Waals surface area contributed by atoms with Gasteiger partial charge in [-0.15, -0.1) is 11.3 Å². The summed E-state index contributed by atoms with van der Waals surface area (Å²) < 4.78 is 9.55. The summed E-state index contributed by atoms with van der Waals surface area (Å²) in [5.41, 5.74) is 0.247.